The Hall–Kier alpha value is -3.24. The van der Waals surface area contributed by atoms with Gasteiger partial charge in [-0.05, 0) is 48.9 Å². The van der Waals surface area contributed by atoms with Crippen LogP contribution in [-0.4, -0.2) is 38.6 Å². The van der Waals surface area contributed by atoms with Crippen molar-refractivity contribution < 1.29 is 17.5 Å². The number of aromatic nitrogens is 2. The van der Waals surface area contributed by atoms with Crippen molar-refractivity contribution in [3.05, 3.63) is 71.7 Å². The van der Waals surface area contributed by atoms with Gasteiger partial charge in [0.15, 0.2) is 0 Å². The molecular weight excluding hydrogens is 421 g/mol. The van der Waals surface area contributed by atoms with E-state index in [1.54, 1.807) is 19.2 Å². The molecule has 0 unspecified atom stereocenters. The minimum atomic E-state index is -3.59. The fourth-order valence-electron chi connectivity index (χ4n) is 2.81. The number of hydrogen-bond acceptors (Lipinski definition) is 7. The molecule has 3 N–H and O–H groups in total. The molecule has 0 aliphatic heterocycles. The van der Waals surface area contributed by atoms with Crippen LogP contribution in [-0.2, 0) is 15.8 Å². The van der Waals surface area contributed by atoms with E-state index in [4.69, 9.17) is 4.74 Å². The quantitative estimate of drug-likeness (QED) is 0.412. The number of rotatable bonds is 10. The molecule has 0 saturated carbocycles. The molecule has 164 valence electrons. The smallest absolute Gasteiger partial charge is 0.224 e. The molecule has 10 heteroatoms. The van der Waals surface area contributed by atoms with Crippen molar-refractivity contribution in [3.8, 4) is 5.75 Å². The van der Waals surface area contributed by atoms with Crippen LogP contribution in [0.5, 0.6) is 5.75 Å². The lowest BCUT2D eigenvalue weighted by molar-refractivity contribution is 0.415. The first-order valence-electron chi connectivity index (χ1n) is 9.55. The fraction of sp³-hybridized carbons (Fsp3) is 0.238. The van der Waals surface area contributed by atoms with E-state index in [-0.39, 0.29) is 18.8 Å². The van der Waals surface area contributed by atoms with Crippen LogP contribution in [0.2, 0.25) is 0 Å². The number of nitrogens with zero attached hydrogens (tertiary/aromatic N) is 2. The zero-order valence-corrected chi connectivity index (χ0v) is 18.0. The van der Waals surface area contributed by atoms with Crippen LogP contribution in [0.15, 0.2) is 54.6 Å². The minimum absolute atomic E-state index is 0.135. The van der Waals surface area contributed by atoms with Gasteiger partial charge in [-0.15, -0.1) is 0 Å². The maximum absolute atomic E-state index is 13.2. The lowest BCUT2D eigenvalue weighted by atomic mass is 10.2. The summed E-state index contributed by atoms with van der Waals surface area (Å²) < 4.78 is 45.2. The third-order valence-corrected chi connectivity index (χ3v) is 5.55. The first-order chi connectivity index (χ1) is 14.8. The molecule has 0 spiro atoms. The summed E-state index contributed by atoms with van der Waals surface area (Å²) in [4.78, 5) is 8.71. The number of ether oxygens (including phenoxy) is 1. The standard InChI is InChI=1S/C21H24FN5O3S/c1-15-12-20(26-18-6-8-19(30-2)9-7-18)27-21(25-15)23-10-11-24-31(28,29)14-16-4-3-5-17(22)13-16/h3-9,12-13,24H,10-11,14H2,1-2H3,(H2,23,25,26,27). The average molecular weight is 446 g/mol. The predicted molar refractivity (Wildman–Crippen MR) is 119 cm³/mol. The van der Waals surface area contributed by atoms with E-state index in [0.29, 0.717) is 17.3 Å². The summed E-state index contributed by atoms with van der Waals surface area (Å²) in [6, 6.07) is 14.7. The van der Waals surface area contributed by atoms with Gasteiger partial charge in [-0.2, -0.15) is 4.98 Å². The topological polar surface area (TPSA) is 105 Å². The van der Waals surface area contributed by atoms with Gasteiger partial charge >= 0.3 is 0 Å². The highest BCUT2D eigenvalue weighted by Crippen LogP contribution is 2.20. The van der Waals surface area contributed by atoms with Crippen LogP contribution in [0.3, 0.4) is 0 Å². The van der Waals surface area contributed by atoms with Gasteiger partial charge in [-0.25, -0.2) is 22.5 Å². The molecule has 0 saturated heterocycles. The summed E-state index contributed by atoms with van der Waals surface area (Å²) in [6.45, 7) is 2.26. The monoisotopic (exact) mass is 445 g/mol. The Bertz CT molecular complexity index is 1120. The van der Waals surface area contributed by atoms with E-state index in [1.807, 2.05) is 31.2 Å². The van der Waals surface area contributed by atoms with Gasteiger partial charge in [0.1, 0.15) is 17.4 Å². The van der Waals surface area contributed by atoms with E-state index in [2.05, 4.69) is 25.3 Å². The molecule has 0 amide bonds. The van der Waals surface area contributed by atoms with Crippen LogP contribution in [0.4, 0.5) is 21.8 Å². The maximum Gasteiger partial charge on any atom is 0.224 e. The SMILES string of the molecule is COc1ccc(Nc2cc(C)nc(NCCNS(=O)(=O)Cc3cccc(F)c3)n2)cc1. The van der Waals surface area contributed by atoms with Gasteiger partial charge in [0.25, 0.3) is 0 Å². The highest BCUT2D eigenvalue weighted by molar-refractivity contribution is 7.88. The lowest BCUT2D eigenvalue weighted by Gasteiger charge is -2.11. The van der Waals surface area contributed by atoms with Crippen molar-refractivity contribution in [1.29, 1.82) is 0 Å². The van der Waals surface area contributed by atoms with E-state index in [9.17, 15) is 12.8 Å². The van der Waals surface area contributed by atoms with E-state index >= 15 is 0 Å². The number of anilines is 3. The second-order valence-corrected chi connectivity index (χ2v) is 8.59. The Morgan fingerprint density at radius 1 is 1.03 bits per heavy atom. The van der Waals surface area contributed by atoms with Crippen LogP contribution in [0.25, 0.3) is 0 Å². The van der Waals surface area contributed by atoms with Gasteiger partial charge in [0, 0.05) is 30.5 Å². The van der Waals surface area contributed by atoms with E-state index in [1.165, 1.54) is 18.2 Å². The summed E-state index contributed by atoms with van der Waals surface area (Å²) in [5.74, 6) is 0.977. The largest absolute Gasteiger partial charge is 0.497 e. The molecule has 0 aliphatic carbocycles. The zero-order chi connectivity index (χ0) is 22.3. The second kappa shape index (κ2) is 10.2. The lowest BCUT2D eigenvalue weighted by Crippen LogP contribution is -2.30. The van der Waals surface area contributed by atoms with E-state index < -0.39 is 15.8 Å². The number of benzene rings is 2. The number of methoxy groups -OCH3 is 1. The summed E-state index contributed by atoms with van der Waals surface area (Å²) in [6.07, 6.45) is 0. The summed E-state index contributed by atoms with van der Waals surface area (Å²) in [5.41, 5.74) is 1.98. The van der Waals surface area contributed by atoms with Crippen LogP contribution in [0.1, 0.15) is 11.3 Å². The van der Waals surface area contributed by atoms with Crippen molar-refractivity contribution in [3.63, 3.8) is 0 Å². The average Bonchev–Trinajstić information content (AvgIpc) is 2.71. The molecule has 3 rings (SSSR count). The van der Waals surface area contributed by atoms with Crippen LogP contribution in [0, 0.1) is 12.7 Å². The third kappa shape index (κ3) is 7.19. The highest BCUT2D eigenvalue weighted by Gasteiger charge is 2.11. The normalized spacial score (nSPS) is 11.2. The Kier molecular flexibility index (Phi) is 7.37. The number of sulfonamides is 1. The van der Waals surface area contributed by atoms with Crippen molar-refractivity contribution >= 4 is 27.5 Å². The van der Waals surface area contributed by atoms with Crippen molar-refractivity contribution in [2.24, 2.45) is 0 Å². The van der Waals surface area contributed by atoms with Crippen LogP contribution >= 0.6 is 0 Å². The third-order valence-electron chi connectivity index (χ3n) is 4.19. The molecule has 0 radical (unpaired) electrons. The van der Waals surface area contributed by atoms with Gasteiger partial charge < -0.3 is 15.4 Å². The number of nitrogens with one attached hydrogen (secondary N) is 3. The molecule has 3 aromatic rings. The van der Waals surface area contributed by atoms with Crippen molar-refractivity contribution in [2.75, 3.05) is 30.8 Å². The second-order valence-electron chi connectivity index (χ2n) is 6.78. The Morgan fingerprint density at radius 2 is 1.81 bits per heavy atom. The predicted octanol–water partition coefficient (Wildman–Crippen LogP) is 3.21. The summed E-state index contributed by atoms with van der Waals surface area (Å²) in [5, 5.41) is 6.20. The van der Waals surface area contributed by atoms with E-state index in [0.717, 1.165) is 17.1 Å². The number of aryl methyl sites for hydroxylation is 1. The Labute approximate surface area is 180 Å². The van der Waals surface area contributed by atoms with Crippen molar-refractivity contribution in [2.45, 2.75) is 12.7 Å². The summed E-state index contributed by atoms with van der Waals surface area (Å²) in [7, 11) is -1.98. The maximum atomic E-state index is 13.2. The summed E-state index contributed by atoms with van der Waals surface area (Å²) >= 11 is 0. The molecule has 0 fully saturated rings. The van der Waals surface area contributed by atoms with Gasteiger partial charge in [-0.1, -0.05) is 12.1 Å². The highest BCUT2D eigenvalue weighted by atomic mass is 32.2. The Balaban J connectivity index is 1.53. The molecule has 0 bridgehead atoms. The molecule has 1 aromatic heterocycles. The fourth-order valence-corrected chi connectivity index (χ4v) is 3.95. The molecular formula is C21H24FN5O3S. The van der Waals surface area contributed by atoms with Crippen LogP contribution < -0.4 is 20.1 Å². The van der Waals surface area contributed by atoms with Gasteiger partial charge in [-0.3, -0.25) is 0 Å². The zero-order valence-electron chi connectivity index (χ0n) is 17.2. The number of hydrogen-bond donors (Lipinski definition) is 3. The Morgan fingerprint density at radius 3 is 2.52 bits per heavy atom. The molecule has 0 atom stereocenters. The molecule has 1 heterocycles. The molecule has 2 aromatic carbocycles. The molecule has 0 aliphatic rings. The number of halogens is 1. The van der Waals surface area contributed by atoms with Gasteiger partial charge in [0.05, 0.1) is 12.9 Å². The molecule has 31 heavy (non-hydrogen) atoms. The first-order valence-corrected chi connectivity index (χ1v) is 11.2. The van der Waals surface area contributed by atoms with Gasteiger partial charge in [0.2, 0.25) is 16.0 Å². The molecule has 8 nitrogen and oxygen atoms in total. The first kappa shape index (κ1) is 22.4. The minimum Gasteiger partial charge on any atom is -0.497 e. The van der Waals surface area contributed by atoms with Crippen molar-refractivity contribution in [1.82, 2.24) is 14.7 Å².